The summed E-state index contributed by atoms with van der Waals surface area (Å²) in [5.74, 6) is 1.31. The van der Waals surface area contributed by atoms with Crippen LogP contribution in [0.5, 0.6) is 0 Å². The Morgan fingerprint density at radius 2 is 1.58 bits per heavy atom. The Bertz CT molecular complexity index is 912. The summed E-state index contributed by atoms with van der Waals surface area (Å²) in [5.41, 5.74) is 4.66. The summed E-state index contributed by atoms with van der Waals surface area (Å²) in [6.07, 6.45) is 1.49. The van der Waals surface area contributed by atoms with E-state index in [9.17, 15) is 0 Å². The number of nitrogens with zero attached hydrogens (tertiary/aromatic N) is 3. The van der Waals surface area contributed by atoms with Gasteiger partial charge in [-0.3, -0.25) is 0 Å². The van der Waals surface area contributed by atoms with E-state index in [0.717, 1.165) is 16.9 Å². The molecule has 2 aromatic carbocycles. The third-order valence-electron chi connectivity index (χ3n) is 3.62. The van der Waals surface area contributed by atoms with Gasteiger partial charge in [-0.25, -0.2) is 9.97 Å². The number of para-hydroxylation sites is 1. The molecule has 0 radical (unpaired) electrons. The van der Waals surface area contributed by atoms with Crippen LogP contribution < -0.4 is 10.6 Å². The SMILES string of the molecule is Cc1ccc(Nc2cc(Nc3ccccc3C#N)ncn2)c(C)c1. The van der Waals surface area contributed by atoms with E-state index in [0.29, 0.717) is 17.2 Å². The van der Waals surface area contributed by atoms with Crippen LogP contribution in [0.25, 0.3) is 0 Å². The molecule has 5 nitrogen and oxygen atoms in total. The van der Waals surface area contributed by atoms with Crippen molar-refractivity contribution in [3.63, 3.8) is 0 Å². The molecule has 0 aliphatic rings. The Morgan fingerprint density at radius 1 is 0.875 bits per heavy atom. The Morgan fingerprint density at radius 3 is 2.29 bits per heavy atom. The predicted molar refractivity (Wildman–Crippen MR) is 95.7 cm³/mol. The number of anilines is 4. The van der Waals surface area contributed by atoms with Crippen LogP contribution in [-0.2, 0) is 0 Å². The monoisotopic (exact) mass is 315 g/mol. The van der Waals surface area contributed by atoms with Gasteiger partial charge in [0.05, 0.1) is 11.3 Å². The summed E-state index contributed by atoms with van der Waals surface area (Å²) in [4.78, 5) is 8.47. The highest BCUT2D eigenvalue weighted by Gasteiger charge is 2.05. The fourth-order valence-corrected chi connectivity index (χ4v) is 2.41. The van der Waals surface area contributed by atoms with Gasteiger partial charge < -0.3 is 10.6 Å². The van der Waals surface area contributed by atoms with Crippen molar-refractivity contribution in [2.24, 2.45) is 0 Å². The first-order valence-corrected chi connectivity index (χ1v) is 7.58. The molecule has 1 heterocycles. The molecule has 0 bridgehead atoms. The van der Waals surface area contributed by atoms with Gasteiger partial charge in [0.2, 0.25) is 0 Å². The van der Waals surface area contributed by atoms with Crippen molar-refractivity contribution in [3.8, 4) is 6.07 Å². The average Bonchev–Trinajstić information content (AvgIpc) is 2.58. The fraction of sp³-hybridized carbons (Fsp3) is 0.105. The van der Waals surface area contributed by atoms with E-state index in [1.807, 2.05) is 30.3 Å². The largest absolute Gasteiger partial charge is 0.340 e. The van der Waals surface area contributed by atoms with E-state index >= 15 is 0 Å². The summed E-state index contributed by atoms with van der Waals surface area (Å²) >= 11 is 0. The molecule has 0 saturated carbocycles. The molecule has 0 unspecified atom stereocenters. The minimum Gasteiger partial charge on any atom is -0.340 e. The first kappa shape index (κ1) is 15.5. The van der Waals surface area contributed by atoms with Crippen molar-refractivity contribution in [2.45, 2.75) is 13.8 Å². The average molecular weight is 315 g/mol. The standard InChI is InChI=1S/C19H17N5/c1-13-7-8-16(14(2)9-13)23-18-10-19(22-12-21-18)24-17-6-4-3-5-15(17)11-20/h3-10,12H,1-2H3,(H2,21,22,23,24). The molecule has 0 fully saturated rings. The number of hydrogen-bond donors (Lipinski definition) is 2. The lowest BCUT2D eigenvalue weighted by molar-refractivity contribution is 1.16. The van der Waals surface area contributed by atoms with Gasteiger partial charge in [0.15, 0.2) is 0 Å². The first-order valence-electron chi connectivity index (χ1n) is 7.58. The van der Waals surface area contributed by atoms with Gasteiger partial charge in [0.25, 0.3) is 0 Å². The van der Waals surface area contributed by atoms with Crippen molar-refractivity contribution in [2.75, 3.05) is 10.6 Å². The number of aromatic nitrogens is 2. The Kier molecular flexibility index (Phi) is 4.39. The molecule has 0 amide bonds. The van der Waals surface area contributed by atoms with Gasteiger partial charge >= 0.3 is 0 Å². The number of nitriles is 1. The normalized spacial score (nSPS) is 10.0. The molecule has 5 heteroatoms. The lowest BCUT2D eigenvalue weighted by Crippen LogP contribution is -2.00. The third kappa shape index (κ3) is 3.50. The molecule has 24 heavy (non-hydrogen) atoms. The molecule has 1 aromatic heterocycles. The van der Waals surface area contributed by atoms with Crippen molar-refractivity contribution in [1.29, 1.82) is 5.26 Å². The summed E-state index contributed by atoms with van der Waals surface area (Å²) in [5, 5.41) is 15.6. The van der Waals surface area contributed by atoms with E-state index < -0.39 is 0 Å². The van der Waals surface area contributed by atoms with Crippen LogP contribution >= 0.6 is 0 Å². The van der Waals surface area contributed by atoms with Crippen molar-refractivity contribution < 1.29 is 0 Å². The Balaban J connectivity index is 1.83. The highest BCUT2D eigenvalue weighted by Crippen LogP contribution is 2.23. The first-order chi connectivity index (χ1) is 11.7. The molecule has 0 aliphatic carbocycles. The topological polar surface area (TPSA) is 73.6 Å². The van der Waals surface area contributed by atoms with Gasteiger partial charge in [-0.05, 0) is 37.6 Å². The zero-order valence-corrected chi connectivity index (χ0v) is 13.5. The molecular formula is C19H17N5. The Labute approximate surface area is 141 Å². The van der Waals surface area contributed by atoms with E-state index in [2.05, 4.69) is 52.7 Å². The molecule has 118 valence electrons. The zero-order valence-electron chi connectivity index (χ0n) is 13.5. The predicted octanol–water partition coefficient (Wildman–Crippen LogP) is 4.45. The second kappa shape index (κ2) is 6.80. The zero-order chi connectivity index (χ0) is 16.9. The summed E-state index contributed by atoms with van der Waals surface area (Å²) in [6.45, 7) is 4.12. The molecule has 3 rings (SSSR count). The maximum Gasteiger partial charge on any atom is 0.135 e. The van der Waals surface area contributed by atoms with Crippen LogP contribution in [0.15, 0.2) is 54.9 Å². The van der Waals surface area contributed by atoms with Crippen LogP contribution in [0, 0.1) is 25.2 Å². The summed E-state index contributed by atoms with van der Waals surface area (Å²) < 4.78 is 0. The van der Waals surface area contributed by atoms with Crippen LogP contribution in [-0.4, -0.2) is 9.97 Å². The number of rotatable bonds is 4. The minimum atomic E-state index is 0.569. The Hall–Kier alpha value is -3.39. The lowest BCUT2D eigenvalue weighted by atomic mass is 10.1. The molecule has 0 atom stereocenters. The van der Waals surface area contributed by atoms with Crippen molar-refractivity contribution >= 4 is 23.0 Å². The van der Waals surface area contributed by atoms with Crippen LogP contribution in [0.4, 0.5) is 23.0 Å². The van der Waals surface area contributed by atoms with Gasteiger partial charge in [0.1, 0.15) is 24.0 Å². The maximum absolute atomic E-state index is 9.16. The molecule has 2 N–H and O–H groups in total. The molecule has 0 saturated heterocycles. The van der Waals surface area contributed by atoms with Crippen LogP contribution in [0.3, 0.4) is 0 Å². The number of hydrogen-bond acceptors (Lipinski definition) is 5. The number of aryl methyl sites for hydroxylation is 2. The second-order valence-electron chi connectivity index (χ2n) is 5.51. The quantitative estimate of drug-likeness (QED) is 0.744. The molecular weight excluding hydrogens is 298 g/mol. The molecule has 3 aromatic rings. The minimum absolute atomic E-state index is 0.569. The van der Waals surface area contributed by atoms with Gasteiger partial charge in [-0.2, -0.15) is 5.26 Å². The highest BCUT2D eigenvalue weighted by atomic mass is 15.1. The summed E-state index contributed by atoms with van der Waals surface area (Å²) in [6, 6.07) is 17.5. The smallest absolute Gasteiger partial charge is 0.135 e. The van der Waals surface area contributed by atoms with Crippen LogP contribution in [0.2, 0.25) is 0 Å². The fourth-order valence-electron chi connectivity index (χ4n) is 2.41. The van der Waals surface area contributed by atoms with E-state index in [1.165, 1.54) is 11.9 Å². The lowest BCUT2D eigenvalue weighted by Gasteiger charge is -2.11. The molecule has 0 aliphatic heterocycles. The highest BCUT2D eigenvalue weighted by molar-refractivity contribution is 5.67. The van der Waals surface area contributed by atoms with Crippen molar-refractivity contribution in [3.05, 3.63) is 71.5 Å². The number of nitrogens with one attached hydrogen (secondary N) is 2. The third-order valence-corrected chi connectivity index (χ3v) is 3.62. The van der Waals surface area contributed by atoms with Crippen molar-refractivity contribution in [1.82, 2.24) is 9.97 Å². The van der Waals surface area contributed by atoms with E-state index in [1.54, 1.807) is 6.07 Å². The van der Waals surface area contributed by atoms with E-state index in [4.69, 9.17) is 5.26 Å². The maximum atomic E-state index is 9.16. The van der Waals surface area contributed by atoms with Crippen LogP contribution in [0.1, 0.15) is 16.7 Å². The van der Waals surface area contributed by atoms with Gasteiger partial charge in [-0.1, -0.05) is 29.8 Å². The van der Waals surface area contributed by atoms with Gasteiger partial charge in [-0.15, -0.1) is 0 Å². The number of benzene rings is 2. The molecule has 0 spiro atoms. The second-order valence-corrected chi connectivity index (χ2v) is 5.51. The van der Waals surface area contributed by atoms with Gasteiger partial charge in [0, 0.05) is 11.8 Å². The summed E-state index contributed by atoms with van der Waals surface area (Å²) in [7, 11) is 0. The van der Waals surface area contributed by atoms with E-state index in [-0.39, 0.29) is 0 Å².